The first kappa shape index (κ1) is 20.0. The second kappa shape index (κ2) is 8.94. The summed E-state index contributed by atoms with van der Waals surface area (Å²) in [6.45, 7) is 0. The number of carbonyl (C=O) groups excluding carboxylic acids is 1. The monoisotopic (exact) mass is 410 g/mol. The second-order valence-electron chi connectivity index (χ2n) is 6.01. The summed E-state index contributed by atoms with van der Waals surface area (Å²) < 4.78 is 0. The van der Waals surface area contributed by atoms with Crippen LogP contribution < -0.4 is 5.43 Å². The molecular formula is C20H15ClN4O4. The number of nitro groups is 1. The first-order valence-electron chi connectivity index (χ1n) is 8.43. The first-order chi connectivity index (χ1) is 14.0. The number of aromatic hydroxyl groups is 1. The van der Waals surface area contributed by atoms with Gasteiger partial charge in [-0.25, -0.2) is 5.43 Å². The largest absolute Gasteiger partial charge is 0.502 e. The molecule has 0 radical (unpaired) electrons. The summed E-state index contributed by atoms with van der Waals surface area (Å²) in [6, 6.07) is 13.0. The fourth-order valence-corrected chi connectivity index (χ4v) is 2.83. The Bertz CT molecular complexity index is 1090. The van der Waals surface area contributed by atoms with Crippen molar-refractivity contribution in [1.29, 1.82) is 0 Å². The minimum atomic E-state index is -0.682. The Kier molecular flexibility index (Phi) is 6.16. The van der Waals surface area contributed by atoms with Gasteiger partial charge in [0, 0.05) is 34.6 Å². The molecular weight excluding hydrogens is 396 g/mol. The fraction of sp³-hybridized carbons (Fsp3) is 0.0500. The maximum Gasteiger partial charge on any atom is 0.311 e. The Balaban J connectivity index is 1.87. The number of hydrogen-bond donors (Lipinski definition) is 2. The normalized spacial score (nSPS) is 10.8. The van der Waals surface area contributed by atoms with E-state index in [1.807, 2.05) is 12.1 Å². The molecule has 0 fully saturated rings. The molecule has 29 heavy (non-hydrogen) atoms. The number of aromatic nitrogens is 1. The van der Waals surface area contributed by atoms with Gasteiger partial charge in [0.05, 0.1) is 11.1 Å². The number of phenols is 1. The van der Waals surface area contributed by atoms with E-state index in [9.17, 15) is 20.0 Å². The fourth-order valence-electron chi connectivity index (χ4n) is 2.63. The second-order valence-corrected chi connectivity index (χ2v) is 6.42. The smallest absolute Gasteiger partial charge is 0.311 e. The Morgan fingerprint density at radius 3 is 2.66 bits per heavy atom. The van der Waals surface area contributed by atoms with Crippen molar-refractivity contribution in [3.05, 3.63) is 98.3 Å². The highest BCUT2D eigenvalue weighted by atomic mass is 35.5. The number of rotatable bonds is 6. The molecule has 0 aliphatic heterocycles. The summed E-state index contributed by atoms with van der Waals surface area (Å²) in [5.74, 6) is -1.02. The molecule has 9 heteroatoms. The maximum atomic E-state index is 12.0. The van der Waals surface area contributed by atoms with E-state index in [4.69, 9.17) is 11.6 Å². The zero-order valence-corrected chi connectivity index (χ0v) is 15.7. The minimum Gasteiger partial charge on any atom is -0.502 e. The number of hydrazone groups is 1. The molecule has 8 nitrogen and oxygen atoms in total. The van der Waals surface area contributed by atoms with E-state index in [0.29, 0.717) is 22.6 Å². The van der Waals surface area contributed by atoms with Crippen molar-refractivity contribution in [1.82, 2.24) is 10.4 Å². The van der Waals surface area contributed by atoms with E-state index in [-0.39, 0.29) is 5.56 Å². The highest BCUT2D eigenvalue weighted by Gasteiger charge is 2.19. The van der Waals surface area contributed by atoms with E-state index in [0.717, 1.165) is 11.8 Å². The summed E-state index contributed by atoms with van der Waals surface area (Å²) in [4.78, 5) is 26.5. The number of nitrogens with zero attached hydrogens (tertiary/aromatic N) is 3. The van der Waals surface area contributed by atoms with Gasteiger partial charge in [-0.15, -0.1) is 0 Å². The number of nitrogens with one attached hydrogen (secondary N) is 1. The number of halogens is 1. The highest BCUT2D eigenvalue weighted by molar-refractivity contribution is 6.31. The Hall–Kier alpha value is -3.78. The summed E-state index contributed by atoms with van der Waals surface area (Å²) in [5, 5.41) is 25.8. The topological polar surface area (TPSA) is 118 Å². The molecule has 2 aromatic carbocycles. The summed E-state index contributed by atoms with van der Waals surface area (Å²) in [7, 11) is 0. The lowest BCUT2D eigenvalue weighted by atomic mass is 10.0. The molecule has 0 aliphatic carbocycles. The van der Waals surface area contributed by atoms with Crippen LogP contribution in [0.3, 0.4) is 0 Å². The molecule has 0 bridgehead atoms. The molecule has 3 aromatic rings. The van der Waals surface area contributed by atoms with Crippen LogP contribution in [0.2, 0.25) is 5.02 Å². The van der Waals surface area contributed by atoms with Crippen LogP contribution in [0.4, 0.5) is 5.69 Å². The van der Waals surface area contributed by atoms with Crippen molar-refractivity contribution >= 4 is 29.4 Å². The molecule has 1 heterocycles. The number of nitro benzene ring substituents is 1. The van der Waals surface area contributed by atoms with Crippen LogP contribution in [0.15, 0.2) is 66.0 Å². The maximum absolute atomic E-state index is 12.0. The Labute approximate surface area is 170 Å². The molecule has 0 spiro atoms. The van der Waals surface area contributed by atoms with E-state index >= 15 is 0 Å². The molecule has 1 aromatic heterocycles. The van der Waals surface area contributed by atoms with Crippen molar-refractivity contribution in [2.45, 2.75) is 6.42 Å². The average Bonchev–Trinajstić information content (AvgIpc) is 2.72. The van der Waals surface area contributed by atoms with Crippen molar-refractivity contribution in [2.24, 2.45) is 5.10 Å². The lowest BCUT2D eigenvalue weighted by molar-refractivity contribution is -0.385. The molecule has 0 saturated heterocycles. The first-order valence-corrected chi connectivity index (χ1v) is 8.80. The zero-order valence-electron chi connectivity index (χ0n) is 14.9. The van der Waals surface area contributed by atoms with Gasteiger partial charge in [-0.3, -0.25) is 19.9 Å². The molecule has 0 aliphatic rings. The quantitative estimate of drug-likeness (QED) is 0.365. The third-order valence-electron chi connectivity index (χ3n) is 4.04. The SMILES string of the molecule is O=C(N/N=C\c1cc(Cc2ccccc2Cl)cc([N+](=O)[O-])c1O)c1ccncc1. The van der Waals surface area contributed by atoms with Crippen LogP contribution in [-0.4, -0.2) is 27.1 Å². The molecule has 1 amide bonds. The molecule has 3 rings (SSSR count). The molecule has 2 N–H and O–H groups in total. The van der Waals surface area contributed by atoms with Gasteiger partial charge >= 0.3 is 5.69 Å². The van der Waals surface area contributed by atoms with Crippen LogP contribution in [0.5, 0.6) is 5.75 Å². The van der Waals surface area contributed by atoms with Crippen molar-refractivity contribution < 1.29 is 14.8 Å². The zero-order chi connectivity index (χ0) is 20.8. The van der Waals surface area contributed by atoms with Crippen LogP contribution >= 0.6 is 11.6 Å². The van der Waals surface area contributed by atoms with Gasteiger partial charge in [0.1, 0.15) is 0 Å². The van der Waals surface area contributed by atoms with Crippen molar-refractivity contribution in [3.63, 3.8) is 0 Å². The van der Waals surface area contributed by atoms with Gasteiger partial charge in [0.15, 0.2) is 0 Å². The van der Waals surface area contributed by atoms with E-state index < -0.39 is 22.3 Å². The number of benzene rings is 2. The third kappa shape index (κ3) is 4.94. The van der Waals surface area contributed by atoms with Crippen molar-refractivity contribution in [3.8, 4) is 5.75 Å². The highest BCUT2D eigenvalue weighted by Crippen LogP contribution is 2.32. The van der Waals surface area contributed by atoms with Gasteiger partial charge in [-0.1, -0.05) is 29.8 Å². The van der Waals surface area contributed by atoms with Crippen molar-refractivity contribution in [2.75, 3.05) is 0 Å². The predicted molar refractivity (Wildman–Crippen MR) is 108 cm³/mol. The lowest BCUT2D eigenvalue weighted by Gasteiger charge is -2.08. The predicted octanol–water partition coefficient (Wildman–Crippen LogP) is 3.70. The van der Waals surface area contributed by atoms with E-state index in [1.54, 1.807) is 18.2 Å². The summed E-state index contributed by atoms with van der Waals surface area (Å²) in [5.41, 5.74) is 3.62. The van der Waals surface area contributed by atoms with E-state index in [1.165, 1.54) is 30.6 Å². The van der Waals surface area contributed by atoms with Gasteiger partial charge in [0.25, 0.3) is 5.91 Å². The molecule has 0 saturated carbocycles. The van der Waals surface area contributed by atoms with Gasteiger partial charge in [0.2, 0.25) is 5.75 Å². The van der Waals surface area contributed by atoms with Gasteiger partial charge in [-0.05, 0) is 41.8 Å². The van der Waals surface area contributed by atoms with Crippen LogP contribution in [-0.2, 0) is 6.42 Å². The Morgan fingerprint density at radius 1 is 1.24 bits per heavy atom. The van der Waals surface area contributed by atoms with Crippen LogP contribution in [0.25, 0.3) is 0 Å². The molecule has 0 atom stereocenters. The minimum absolute atomic E-state index is 0.0938. The average molecular weight is 411 g/mol. The number of hydrogen-bond acceptors (Lipinski definition) is 6. The molecule has 146 valence electrons. The van der Waals surface area contributed by atoms with Crippen LogP contribution in [0.1, 0.15) is 27.0 Å². The van der Waals surface area contributed by atoms with E-state index in [2.05, 4.69) is 15.5 Å². The Morgan fingerprint density at radius 2 is 1.97 bits per heavy atom. The number of amides is 1. The summed E-state index contributed by atoms with van der Waals surface area (Å²) >= 11 is 6.16. The third-order valence-corrected chi connectivity index (χ3v) is 4.41. The molecule has 0 unspecified atom stereocenters. The van der Waals surface area contributed by atoms with Crippen LogP contribution in [0, 0.1) is 10.1 Å². The number of pyridine rings is 1. The number of phenolic OH excluding ortho intramolecular Hbond substituents is 1. The van der Waals surface area contributed by atoms with Gasteiger partial charge in [-0.2, -0.15) is 5.10 Å². The summed E-state index contributed by atoms with van der Waals surface area (Å²) in [6.07, 6.45) is 4.40. The number of carbonyl (C=O) groups is 1. The standard InChI is InChI=1S/C20H15ClN4O4/c21-17-4-2-1-3-15(17)9-13-10-16(19(26)18(11-13)25(28)29)12-23-24-20(27)14-5-7-22-8-6-14/h1-8,10-12,26H,9H2,(H,24,27)/b23-12-. The van der Waals surface area contributed by atoms with Gasteiger partial charge < -0.3 is 5.11 Å². The lowest BCUT2D eigenvalue weighted by Crippen LogP contribution is -2.17.